The summed E-state index contributed by atoms with van der Waals surface area (Å²) in [7, 11) is 0. The van der Waals surface area contributed by atoms with E-state index in [-0.39, 0.29) is 11.8 Å². The first-order valence-electron chi connectivity index (χ1n) is 8.12. The minimum absolute atomic E-state index is 0.115. The van der Waals surface area contributed by atoms with E-state index in [2.05, 4.69) is 24.8 Å². The van der Waals surface area contributed by atoms with Crippen molar-refractivity contribution in [3.8, 4) is 0 Å². The summed E-state index contributed by atoms with van der Waals surface area (Å²) in [6.45, 7) is 6.02. The van der Waals surface area contributed by atoms with Crippen molar-refractivity contribution in [2.45, 2.75) is 32.7 Å². The van der Waals surface area contributed by atoms with Crippen molar-refractivity contribution in [1.82, 2.24) is 19.4 Å². The summed E-state index contributed by atoms with van der Waals surface area (Å²) in [5.41, 5.74) is 0.956. The van der Waals surface area contributed by atoms with Gasteiger partial charge in [-0.1, -0.05) is 0 Å². The van der Waals surface area contributed by atoms with Crippen LogP contribution in [0.1, 0.15) is 25.0 Å². The molecule has 3 heterocycles. The molecule has 2 aromatic heterocycles. The highest BCUT2D eigenvalue weighted by atomic mass is 32.1. The van der Waals surface area contributed by atoms with E-state index >= 15 is 0 Å². The lowest BCUT2D eigenvalue weighted by molar-refractivity contribution is -0.121. The van der Waals surface area contributed by atoms with E-state index in [0.717, 1.165) is 56.3 Å². The number of hydrogen-bond acceptors (Lipinski definition) is 5. The second-order valence-corrected chi connectivity index (χ2v) is 6.91. The number of nitrogens with one attached hydrogen (secondary N) is 1. The van der Waals surface area contributed by atoms with Crippen molar-refractivity contribution >= 4 is 22.4 Å². The van der Waals surface area contributed by atoms with E-state index in [4.69, 9.17) is 0 Å². The molecule has 1 aliphatic heterocycles. The molecule has 1 fully saturated rings. The van der Waals surface area contributed by atoms with Gasteiger partial charge in [-0.25, -0.2) is 9.97 Å². The molecular formula is C16H23N5OS. The second kappa shape index (κ2) is 7.70. The number of piperidine rings is 1. The van der Waals surface area contributed by atoms with Gasteiger partial charge in [0.25, 0.3) is 0 Å². The molecule has 6 nitrogen and oxygen atoms in total. The minimum atomic E-state index is 0.115. The van der Waals surface area contributed by atoms with E-state index < -0.39 is 0 Å². The Morgan fingerprint density at radius 2 is 2.22 bits per heavy atom. The molecule has 124 valence electrons. The van der Waals surface area contributed by atoms with Crippen molar-refractivity contribution in [1.29, 1.82) is 0 Å². The number of nitrogens with zero attached hydrogens (tertiary/aromatic N) is 4. The first kappa shape index (κ1) is 16.1. The van der Waals surface area contributed by atoms with Crippen LogP contribution in [0.15, 0.2) is 24.1 Å². The maximum atomic E-state index is 12.3. The molecule has 0 saturated carbocycles. The van der Waals surface area contributed by atoms with Gasteiger partial charge in [0.2, 0.25) is 5.91 Å². The van der Waals surface area contributed by atoms with Crippen LogP contribution in [0.5, 0.6) is 0 Å². The number of carbonyl (C=O) groups is 1. The molecule has 1 aliphatic rings. The molecule has 1 N–H and O–H groups in total. The van der Waals surface area contributed by atoms with Crippen molar-refractivity contribution < 1.29 is 4.79 Å². The van der Waals surface area contributed by atoms with Crippen LogP contribution >= 0.6 is 11.3 Å². The van der Waals surface area contributed by atoms with Crippen molar-refractivity contribution in [3.63, 3.8) is 0 Å². The van der Waals surface area contributed by atoms with Gasteiger partial charge in [0, 0.05) is 30.2 Å². The number of imidazole rings is 1. The number of aryl methyl sites for hydroxylation is 2. The van der Waals surface area contributed by atoms with Crippen LogP contribution in [0.25, 0.3) is 0 Å². The third-order valence-electron chi connectivity index (χ3n) is 4.26. The highest BCUT2D eigenvalue weighted by Gasteiger charge is 2.25. The summed E-state index contributed by atoms with van der Waals surface area (Å²) >= 11 is 1.49. The Kier molecular flexibility index (Phi) is 5.40. The largest absolute Gasteiger partial charge is 0.337 e. The van der Waals surface area contributed by atoms with E-state index in [1.54, 1.807) is 0 Å². The maximum Gasteiger partial charge on any atom is 0.229 e. The van der Waals surface area contributed by atoms with Crippen molar-refractivity contribution in [3.05, 3.63) is 29.8 Å². The third-order valence-corrected chi connectivity index (χ3v) is 5.13. The van der Waals surface area contributed by atoms with E-state index in [1.165, 1.54) is 11.3 Å². The Bertz CT molecular complexity index is 616. The van der Waals surface area contributed by atoms with Crippen LogP contribution in [-0.2, 0) is 11.3 Å². The van der Waals surface area contributed by atoms with Crippen LogP contribution in [0, 0.1) is 12.8 Å². The summed E-state index contributed by atoms with van der Waals surface area (Å²) in [5, 5.41) is 5.62. The van der Waals surface area contributed by atoms with Gasteiger partial charge in [-0.15, -0.1) is 11.3 Å². The molecule has 0 spiro atoms. The van der Waals surface area contributed by atoms with Gasteiger partial charge in [0.15, 0.2) is 5.13 Å². The number of rotatable bonds is 6. The molecule has 1 amide bonds. The molecule has 0 radical (unpaired) electrons. The first-order chi connectivity index (χ1) is 11.2. The van der Waals surface area contributed by atoms with Crippen LogP contribution in [0.2, 0.25) is 0 Å². The number of carbonyl (C=O) groups excluding carboxylic acids is 1. The van der Waals surface area contributed by atoms with Gasteiger partial charge >= 0.3 is 0 Å². The molecular weight excluding hydrogens is 310 g/mol. The molecule has 0 bridgehead atoms. The molecule has 2 aromatic rings. The SMILES string of the molecule is Cc1csc(NC(=O)C2CCN(CCCn3ccnc3)CC2)n1. The second-order valence-electron chi connectivity index (χ2n) is 6.05. The fraction of sp³-hybridized carbons (Fsp3) is 0.562. The zero-order valence-corrected chi connectivity index (χ0v) is 14.3. The predicted octanol–water partition coefficient (Wildman–Crippen LogP) is 2.39. The topological polar surface area (TPSA) is 63.1 Å². The average Bonchev–Trinajstić information content (AvgIpc) is 3.20. The summed E-state index contributed by atoms with van der Waals surface area (Å²) < 4.78 is 2.11. The van der Waals surface area contributed by atoms with Gasteiger partial charge in [0.1, 0.15) is 0 Å². The van der Waals surface area contributed by atoms with E-state index in [0.29, 0.717) is 0 Å². The zero-order chi connectivity index (χ0) is 16.1. The normalized spacial score (nSPS) is 16.6. The summed E-state index contributed by atoms with van der Waals surface area (Å²) in [5.74, 6) is 0.238. The zero-order valence-electron chi connectivity index (χ0n) is 13.4. The smallest absolute Gasteiger partial charge is 0.229 e. The molecule has 23 heavy (non-hydrogen) atoms. The number of thiazole rings is 1. The Labute approximate surface area is 140 Å². The molecule has 0 atom stereocenters. The summed E-state index contributed by atoms with van der Waals surface area (Å²) in [6.07, 6.45) is 8.65. The number of likely N-dealkylation sites (tertiary alicyclic amines) is 1. The average molecular weight is 333 g/mol. The van der Waals surface area contributed by atoms with Gasteiger partial charge < -0.3 is 14.8 Å². The van der Waals surface area contributed by atoms with Crippen LogP contribution in [-0.4, -0.2) is 45.0 Å². The standard InChI is InChI=1S/C16H23N5OS/c1-13-11-23-16(18-13)19-15(22)14-3-8-20(9-4-14)6-2-7-21-10-5-17-12-21/h5,10-12,14H,2-4,6-9H2,1H3,(H,18,19,22). The van der Waals surface area contributed by atoms with Gasteiger partial charge in [-0.05, 0) is 45.8 Å². The van der Waals surface area contributed by atoms with Crippen LogP contribution < -0.4 is 5.32 Å². The van der Waals surface area contributed by atoms with E-state index in [1.807, 2.05) is 31.0 Å². The molecule has 0 aliphatic carbocycles. The van der Waals surface area contributed by atoms with Crippen LogP contribution in [0.3, 0.4) is 0 Å². The molecule has 3 rings (SSSR count). The summed E-state index contributed by atoms with van der Waals surface area (Å²) in [6, 6.07) is 0. The number of amides is 1. The van der Waals surface area contributed by atoms with Crippen molar-refractivity contribution in [2.75, 3.05) is 25.0 Å². The maximum absolute atomic E-state index is 12.3. The highest BCUT2D eigenvalue weighted by Crippen LogP contribution is 2.21. The quantitative estimate of drug-likeness (QED) is 0.882. The van der Waals surface area contributed by atoms with Gasteiger partial charge in [0.05, 0.1) is 12.0 Å². The van der Waals surface area contributed by atoms with E-state index in [9.17, 15) is 4.79 Å². The number of aromatic nitrogens is 3. The Balaban J connectivity index is 1.37. The monoisotopic (exact) mass is 333 g/mol. The molecule has 0 unspecified atom stereocenters. The fourth-order valence-corrected chi connectivity index (χ4v) is 3.62. The van der Waals surface area contributed by atoms with Gasteiger partial charge in [-0.2, -0.15) is 0 Å². The minimum Gasteiger partial charge on any atom is -0.337 e. The lowest BCUT2D eigenvalue weighted by Crippen LogP contribution is -2.38. The highest BCUT2D eigenvalue weighted by molar-refractivity contribution is 7.13. The Morgan fingerprint density at radius 3 is 2.87 bits per heavy atom. The molecule has 0 aromatic carbocycles. The number of hydrogen-bond donors (Lipinski definition) is 1. The molecule has 7 heteroatoms. The van der Waals surface area contributed by atoms with Crippen molar-refractivity contribution in [2.24, 2.45) is 5.92 Å². The summed E-state index contributed by atoms with van der Waals surface area (Å²) in [4.78, 5) is 23.1. The lowest BCUT2D eigenvalue weighted by atomic mass is 9.96. The predicted molar refractivity (Wildman–Crippen MR) is 91.5 cm³/mol. The Morgan fingerprint density at radius 1 is 1.39 bits per heavy atom. The lowest BCUT2D eigenvalue weighted by Gasteiger charge is -2.31. The Hall–Kier alpha value is -1.73. The van der Waals surface area contributed by atoms with Gasteiger partial charge in [-0.3, -0.25) is 4.79 Å². The molecule has 1 saturated heterocycles. The number of anilines is 1. The fourth-order valence-electron chi connectivity index (χ4n) is 2.93. The third kappa shape index (κ3) is 4.62. The van der Waals surface area contributed by atoms with Crippen LogP contribution in [0.4, 0.5) is 5.13 Å². The first-order valence-corrected chi connectivity index (χ1v) is 9.00.